The molecule has 1 heterocycles. The summed E-state index contributed by atoms with van der Waals surface area (Å²) in [7, 11) is -3.97. The molecule has 4 nitrogen and oxygen atoms in total. The van der Waals surface area contributed by atoms with E-state index in [4.69, 9.17) is 15.8 Å². The van der Waals surface area contributed by atoms with Crippen LogP contribution < -0.4 is 4.18 Å². The molecule has 0 fully saturated rings. The van der Waals surface area contributed by atoms with Crippen molar-refractivity contribution in [2.24, 2.45) is 0 Å². The van der Waals surface area contributed by atoms with E-state index in [9.17, 15) is 8.42 Å². The summed E-state index contributed by atoms with van der Waals surface area (Å²) in [5.41, 5.74) is 3.04. The standard InChI is InChI=1S/C14H10ClNO3S2/c1-9-3-2-4-11(15)14(9)21(17,18)19-10-5-6-12-13(7-10)20-8-16-12/h2-8H,1H3. The highest BCUT2D eigenvalue weighted by Gasteiger charge is 2.22. The predicted octanol–water partition coefficient (Wildman–Crippen LogP) is 4.03. The number of benzene rings is 2. The summed E-state index contributed by atoms with van der Waals surface area (Å²) in [4.78, 5) is 4.13. The van der Waals surface area contributed by atoms with Gasteiger partial charge in [-0.25, -0.2) is 4.98 Å². The van der Waals surface area contributed by atoms with Crippen LogP contribution in [0.5, 0.6) is 5.75 Å². The molecule has 3 aromatic rings. The van der Waals surface area contributed by atoms with Gasteiger partial charge < -0.3 is 4.18 Å². The van der Waals surface area contributed by atoms with Crippen LogP contribution in [-0.4, -0.2) is 13.4 Å². The van der Waals surface area contributed by atoms with Crippen LogP contribution in [0.1, 0.15) is 5.56 Å². The molecule has 0 bridgehead atoms. The topological polar surface area (TPSA) is 56.3 Å². The van der Waals surface area contributed by atoms with Gasteiger partial charge >= 0.3 is 10.1 Å². The van der Waals surface area contributed by atoms with E-state index < -0.39 is 10.1 Å². The molecule has 7 heteroatoms. The zero-order valence-corrected chi connectivity index (χ0v) is 13.3. The molecule has 3 rings (SSSR count). The minimum Gasteiger partial charge on any atom is -0.379 e. The van der Waals surface area contributed by atoms with Crippen LogP contribution in [0.3, 0.4) is 0 Å². The van der Waals surface area contributed by atoms with Gasteiger partial charge in [0.1, 0.15) is 10.6 Å². The number of aryl methyl sites for hydroxylation is 1. The lowest BCUT2D eigenvalue weighted by molar-refractivity contribution is 0.486. The van der Waals surface area contributed by atoms with E-state index in [1.165, 1.54) is 17.4 Å². The molecule has 0 spiro atoms. The molecular formula is C14H10ClNO3S2. The molecule has 0 atom stereocenters. The third-order valence-corrected chi connectivity index (χ3v) is 5.60. The maximum atomic E-state index is 12.4. The van der Waals surface area contributed by atoms with Gasteiger partial charge in [0.05, 0.1) is 20.7 Å². The zero-order chi connectivity index (χ0) is 15.0. The summed E-state index contributed by atoms with van der Waals surface area (Å²) < 4.78 is 30.9. The maximum Gasteiger partial charge on any atom is 0.340 e. The van der Waals surface area contributed by atoms with Crippen molar-refractivity contribution >= 4 is 43.3 Å². The molecule has 21 heavy (non-hydrogen) atoms. The lowest BCUT2D eigenvalue weighted by atomic mass is 10.2. The minimum atomic E-state index is -3.97. The van der Waals surface area contributed by atoms with E-state index in [1.54, 1.807) is 42.8 Å². The van der Waals surface area contributed by atoms with Crippen molar-refractivity contribution in [1.29, 1.82) is 0 Å². The fourth-order valence-corrected chi connectivity index (χ4v) is 4.41. The second-order valence-electron chi connectivity index (χ2n) is 4.41. The van der Waals surface area contributed by atoms with Crippen molar-refractivity contribution in [2.45, 2.75) is 11.8 Å². The highest BCUT2D eigenvalue weighted by Crippen LogP contribution is 2.29. The third-order valence-electron chi connectivity index (χ3n) is 2.92. The first-order chi connectivity index (χ1) is 9.97. The SMILES string of the molecule is Cc1cccc(Cl)c1S(=O)(=O)Oc1ccc2ncsc2c1. The first kappa shape index (κ1) is 14.3. The fraction of sp³-hybridized carbons (Fsp3) is 0.0714. The Bertz CT molecular complexity index is 899. The van der Waals surface area contributed by atoms with Gasteiger partial charge in [-0.1, -0.05) is 23.7 Å². The first-order valence-corrected chi connectivity index (χ1v) is 8.67. The Morgan fingerprint density at radius 2 is 2.05 bits per heavy atom. The molecule has 0 aliphatic carbocycles. The Hall–Kier alpha value is -1.63. The Morgan fingerprint density at radius 1 is 1.24 bits per heavy atom. The quantitative estimate of drug-likeness (QED) is 0.676. The molecule has 0 unspecified atom stereocenters. The lowest BCUT2D eigenvalue weighted by Gasteiger charge is -2.10. The normalized spacial score (nSPS) is 11.7. The molecule has 108 valence electrons. The number of thiazole rings is 1. The highest BCUT2D eigenvalue weighted by molar-refractivity contribution is 7.87. The largest absolute Gasteiger partial charge is 0.379 e. The van der Waals surface area contributed by atoms with E-state index in [0.29, 0.717) is 5.56 Å². The van der Waals surface area contributed by atoms with Crippen LogP contribution in [0.4, 0.5) is 0 Å². The number of rotatable bonds is 3. The van der Waals surface area contributed by atoms with E-state index in [0.717, 1.165) is 10.2 Å². The van der Waals surface area contributed by atoms with E-state index in [-0.39, 0.29) is 15.7 Å². The van der Waals surface area contributed by atoms with Crippen molar-refractivity contribution < 1.29 is 12.6 Å². The zero-order valence-electron chi connectivity index (χ0n) is 10.9. The van der Waals surface area contributed by atoms with Gasteiger partial charge in [-0.3, -0.25) is 0 Å². The van der Waals surface area contributed by atoms with E-state index >= 15 is 0 Å². The van der Waals surface area contributed by atoms with E-state index in [2.05, 4.69) is 4.98 Å². The van der Waals surface area contributed by atoms with E-state index in [1.807, 2.05) is 0 Å². The third kappa shape index (κ3) is 2.74. The minimum absolute atomic E-state index is 0.00364. The molecule has 0 radical (unpaired) electrons. The van der Waals surface area contributed by atoms with Crippen molar-refractivity contribution in [2.75, 3.05) is 0 Å². The second-order valence-corrected chi connectivity index (χ2v) is 7.18. The molecular weight excluding hydrogens is 330 g/mol. The van der Waals surface area contributed by atoms with Gasteiger partial charge in [0.2, 0.25) is 0 Å². The van der Waals surface area contributed by atoms with Crippen LogP contribution in [0.15, 0.2) is 46.8 Å². The summed E-state index contributed by atoms with van der Waals surface area (Å²) in [5, 5.41) is 0.147. The highest BCUT2D eigenvalue weighted by atomic mass is 35.5. The Kier molecular flexibility index (Phi) is 3.61. The van der Waals surface area contributed by atoms with Gasteiger partial charge in [0.25, 0.3) is 0 Å². The molecule has 0 N–H and O–H groups in total. The van der Waals surface area contributed by atoms with Crippen molar-refractivity contribution in [3.05, 3.63) is 52.5 Å². The summed E-state index contributed by atoms with van der Waals surface area (Å²) in [6.07, 6.45) is 0. The summed E-state index contributed by atoms with van der Waals surface area (Å²) in [6.45, 7) is 1.68. The van der Waals surface area contributed by atoms with Gasteiger partial charge in [0, 0.05) is 6.07 Å². The molecule has 1 aromatic heterocycles. The fourth-order valence-electron chi connectivity index (χ4n) is 1.99. The predicted molar refractivity (Wildman–Crippen MR) is 83.6 cm³/mol. The maximum absolute atomic E-state index is 12.4. The molecule has 0 aliphatic heterocycles. The van der Waals surface area contributed by atoms with Crippen molar-refractivity contribution in [3.8, 4) is 5.75 Å². The average Bonchev–Trinajstić information content (AvgIpc) is 2.85. The van der Waals surface area contributed by atoms with Gasteiger partial charge in [-0.2, -0.15) is 8.42 Å². The number of nitrogens with zero attached hydrogens (tertiary/aromatic N) is 1. The smallest absolute Gasteiger partial charge is 0.340 e. The van der Waals surface area contributed by atoms with Crippen LogP contribution in [0.25, 0.3) is 10.2 Å². The molecule has 0 aliphatic rings. The number of aromatic nitrogens is 1. The van der Waals surface area contributed by atoms with Crippen LogP contribution in [0.2, 0.25) is 5.02 Å². The van der Waals surface area contributed by atoms with Gasteiger partial charge in [0.15, 0.2) is 0 Å². The van der Waals surface area contributed by atoms with Crippen molar-refractivity contribution in [1.82, 2.24) is 4.98 Å². The Labute approximate surface area is 131 Å². The molecule has 0 saturated carbocycles. The Balaban J connectivity index is 2.03. The summed E-state index contributed by atoms with van der Waals surface area (Å²) in [5.74, 6) is 0.242. The molecule has 0 saturated heterocycles. The summed E-state index contributed by atoms with van der Waals surface area (Å²) >= 11 is 7.41. The summed E-state index contributed by atoms with van der Waals surface area (Å²) in [6, 6.07) is 9.84. The number of fused-ring (bicyclic) bond motifs is 1. The van der Waals surface area contributed by atoms with Crippen LogP contribution in [-0.2, 0) is 10.1 Å². The van der Waals surface area contributed by atoms with Crippen LogP contribution >= 0.6 is 22.9 Å². The Morgan fingerprint density at radius 3 is 2.81 bits per heavy atom. The second kappa shape index (κ2) is 5.29. The van der Waals surface area contributed by atoms with Gasteiger partial charge in [-0.05, 0) is 30.7 Å². The number of hydrogen-bond donors (Lipinski definition) is 0. The van der Waals surface area contributed by atoms with Crippen LogP contribution in [0, 0.1) is 6.92 Å². The molecule has 0 amide bonds. The van der Waals surface area contributed by atoms with Gasteiger partial charge in [-0.15, -0.1) is 11.3 Å². The number of hydrogen-bond acceptors (Lipinski definition) is 5. The van der Waals surface area contributed by atoms with Crippen molar-refractivity contribution in [3.63, 3.8) is 0 Å². The average molecular weight is 340 g/mol. The first-order valence-electron chi connectivity index (χ1n) is 6.00. The monoisotopic (exact) mass is 339 g/mol. The number of halogens is 1. The molecule has 2 aromatic carbocycles. The lowest BCUT2D eigenvalue weighted by Crippen LogP contribution is -2.11.